The molecule has 0 aromatic carbocycles. The minimum absolute atomic E-state index is 0.125. The van der Waals surface area contributed by atoms with Gasteiger partial charge in [-0.3, -0.25) is 0 Å². The molecule has 23 heavy (non-hydrogen) atoms. The molecule has 2 heterocycles. The average molecular weight is 317 g/mol. The molecule has 0 spiro atoms. The van der Waals surface area contributed by atoms with Crippen molar-refractivity contribution in [1.29, 1.82) is 5.26 Å². The molecule has 0 bridgehead atoms. The van der Waals surface area contributed by atoms with E-state index in [0.717, 1.165) is 23.2 Å². The highest BCUT2D eigenvalue weighted by Gasteiger charge is 2.31. The molecule has 0 amide bonds. The smallest absolute Gasteiger partial charge is 0.144 e. The van der Waals surface area contributed by atoms with Crippen molar-refractivity contribution in [1.82, 2.24) is 4.98 Å². The van der Waals surface area contributed by atoms with Crippen molar-refractivity contribution in [2.24, 2.45) is 5.92 Å². The van der Waals surface area contributed by atoms with Crippen molar-refractivity contribution in [3.63, 3.8) is 0 Å². The van der Waals surface area contributed by atoms with Gasteiger partial charge in [0.15, 0.2) is 0 Å². The van der Waals surface area contributed by atoms with E-state index in [0.29, 0.717) is 43.3 Å². The van der Waals surface area contributed by atoms with Gasteiger partial charge in [0.05, 0.1) is 17.8 Å². The zero-order chi connectivity index (χ0) is 17.0. The number of nitriles is 1. The van der Waals surface area contributed by atoms with Gasteiger partial charge in [0.2, 0.25) is 0 Å². The molecule has 0 saturated heterocycles. The number of aliphatic hydroxyl groups excluding tert-OH is 1. The van der Waals surface area contributed by atoms with Crippen molar-refractivity contribution in [3.8, 4) is 6.07 Å². The van der Waals surface area contributed by atoms with E-state index >= 15 is 0 Å². The average Bonchev–Trinajstić information content (AvgIpc) is 2.46. The Morgan fingerprint density at radius 1 is 1.39 bits per heavy atom. The molecule has 0 fully saturated rings. The Morgan fingerprint density at radius 2 is 2.13 bits per heavy atom. The highest BCUT2D eigenvalue weighted by molar-refractivity contribution is 5.60. The maximum Gasteiger partial charge on any atom is 0.144 e. The van der Waals surface area contributed by atoms with Crippen LogP contribution in [0.4, 0.5) is 5.82 Å². The lowest BCUT2D eigenvalue weighted by atomic mass is 9.87. The van der Waals surface area contributed by atoms with Gasteiger partial charge in [-0.1, -0.05) is 13.8 Å². The second-order valence-corrected chi connectivity index (χ2v) is 7.18. The summed E-state index contributed by atoms with van der Waals surface area (Å²) in [6.07, 6.45) is 2.22. The number of nitrogens with zero attached hydrogens (tertiary/aromatic N) is 2. The number of nitrogens with one attached hydrogen (secondary N) is 1. The molecule has 0 atom stereocenters. The molecule has 0 saturated carbocycles. The number of ether oxygens (including phenoxy) is 1. The Hall–Kier alpha value is -1.64. The summed E-state index contributed by atoms with van der Waals surface area (Å²) in [7, 11) is 0. The number of fused-ring (bicyclic) bond motifs is 1. The fourth-order valence-electron chi connectivity index (χ4n) is 2.93. The van der Waals surface area contributed by atoms with Gasteiger partial charge in [-0.15, -0.1) is 0 Å². The number of anilines is 1. The van der Waals surface area contributed by atoms with Gasteiger partial charge in [0.1, 0.15) is 11.9 Å². The third kappa shape index (κ3) is 4.21. The molecule has 1 aromatic rings. The van der Waals surface area contributed by atoms with Gasteiger partial charge in [-0.2, -0.15) is 5.26 Å². The summed E-state index contributed by atoms with van der Waals surface area (Å²) < 4.78 is 5.95. The summed E-state index contributed by atoms with van der Waals surface area (Å²) in [6.45, 7) is 9.69. The fraction of sp³-hybridized carbons (Fsp3) is 0.667. The molecule has 1 aliphatic heterocycles. The standard InChI is InChI=1S/C18H27N3O2/c1-12(2)8-16-15-11-23-18(3,4)9-13(15)14(10-19)17(21-16)20-6-5-7-22/h12,22H,5-9,11H2,1-4H3,(H,20,21). The molecule has 0 aliphatic carbocycles. The second-order valence-electron chi connectivity index (χ2n) is 7.18. The van der Waals surface area contributed by atoms with E-state index in [4.69, 9.17) is 14.8 Å². The zero-order valence-corrected chi connectivity index (χ0v) is 14.6. The molecule has 2 rings (SSSR count). The molecule has 0 unspecified atom stereocenters. The first-order valence-electron chi connectivity index (χ1n) is 8.31. The monoisotopic (exact) mass is 317 g/mol. The van der Waals surface area contributed by atoms with Crippen LogP contribution in [-0.2, 0) is 24.2 Å². The Labute approximate surface area is 138 Å². The SMILES string of the molecule is CC(C)Cc1nc(NCCCO)c(C#N)c2c1COC(C)(C)C2. The number of aromatic nitrogens is 1. The normalized spacial score (nSPS) is 16.0. The molecule has 1 aromatic heterocycles. The van der Waals surface area contributed by atoms with Crippen LogP contribution in [0, 0.1) is 17.2 Å². The summed E-state index contributed by atoms with van der Waals surface area (Å²) in [4.78, 5) is 4.72. The molecular weight excluding hydrogens is 290 g/mol. The summed E-state index contributed by atoms with van der Waals surface area (Å²) in [5.74, 6) is 1.13. The van der Waals surface area contributed by atoms with Crippen molar-refractivity contribution in [2.45, 2.75) is 59.2 Å². The van der Waals surface area contributed by atoms with E-state index < -0.39 is 0 Å². The molecule has 2 N–H and O–H groups in total. The maximum absolute atomic E-state index is 9.65. The topological polar surface area (TPSA) is 78.2 Å². The van der Waals surface area contributed by atoms with Crippen molar-refractivity contribution in [3.05, 3.63) is 22.4 Å². The first kappa shape index (κ1) is 17.7. The van der Waals surface area contributed by atoms with Gasteiger partial charge in [-0.05, 0) is 38.2 Å². The minimum atomic E-state index is -0.266. The molecule has 5 heteroatoms. The summed E-state index contributed by atoms with van der Waals surface area (Å²) in [5, 5.41) is 21.8. The largest absolute Gasteiger partial charge is 0.396 e. The van der Waals surface area contributed by atoms with Gasteiger partial charge in [0.25, 0.3) is 0 Å². The minimum Gasteiger partial charge on any atom is -0.396 e. The fourth-order valence-corrected chi connectivity index (χ4v) is 2.93. The summed E-state index contributed by atoms with van der Waals surface area (Å²) >= 11 is 0. The van der Waals surface area contributed by atoms with Crippen LogP contribution in [0.1, 0.15) is 56.5 Å². The molecule has 1 aliphatic rings. The first-order chi connectivity index (χ1) is 10.9. The number of hydrogen-bond acceptors (Lipinski definition) is 5. The predicted molar refractivity (Wildman–Crippen MR) is 90.3 cm³/mol. The van der Waals surface area contributed by atoms with Gasteiger partial charge < -0.3 is 15.2 Å². The predicted octanol–water partition coefficient (Wildman–Crippen LogP) is 2.80. The lowest BCUT2D eigenvalue weighted by molar-refractivity contribution is -0.0407. The van der Waals surface area contributed by atoms with Crippen molar-refractivity contribution in [2.75, 3.05) is 18.5 Å². The van der Waals surface area contributed by atoms with Crippen LogP contribution in [0.3, 0.4) is 0 Å². The van der Waals surface area contributed by atoms with Crippen LogP contribution >= 0.6 is 0 Å². The van der Waals surface area contributed by atoms with E-state index in [-0.39, 0.29) is 12.2 Å². The number of rotatable bonds is 6. The van der Waals surface area contributed by atoms with E-state index in [9.17, 15) is 5.26 Å². The van der Waals surface area contributed by atoms with Crippen LogP contribution in [0.15, 0.2) is 0 Å². The third-order valence-electron chi connectivity index (χ3n) is 4.05. The molecule has 0 radical (unpaired) electrons. The second kappa shape index (κ2) is 7.29. The van der Waals surface area contributed by atoms with E-state index in [1.165, 1.54) is 0 Å². The molecular formula is C18H27N3O2. The number of aliphatic hydroxyl groups is 1. The van der Waals surface area contributed by atoms with Gasteiger partial charge >= 0.3 is 0 Å². The molecule has 5 nitrogen and oxygen atoms in total. The third-order valence-corrected chi connectivity index (χ3v) is 4.05. The van der Waals surface area contributed by atoms with Crippen molar-refractivity contribution < 1.29 is 9.84 Å². The Kier molecular flexibility index (Phi) is 5.61. The quantitative estimate of drug-likeness (QED) is 0.789. The highest BCUT2D eigenvalue weighted by Crippen LogP contribution is 2.34. The summed E-state index contributed by atoms with van der Waals surface area (Å²) in [5.41, 5.74) is 3.54. The van der Waals surface area contributed by atoms with Crippen molar-refractivity contribution >= 4 is 5.82 Å². The van der Waals surface area contributed by atoms with Gasteiger partial charge in [0, 0.05) is 30.8 Å². The lowest BCUT2D eigenvalue weighted by Gasteiger charge is -2.34. The van der Waals surface area contributed by atoms with E-state index in [1.54, 1.807) is 0 Å². The lowest BCUT2D eigenvalue weighted by Crippen LogP contribution is -2.33. The van der Waals surface area contributed by atoms with E-state index in [2.05, 4.69) is 39.1 Å². The number of hydrogen-bond donors (Lipinski definition) is 2. The molecule has 126 valence electrons. The Balaban J connectivity index is 2.49. The zero-order valence-electron chi connectivity index (χ0n) is 14.6. The highest BCUT2D eigenvalue weighted by atomic mass is 16.5. The van der Waals surface area contributed by atoms with Gasteiger partial charge in [-0.25, -0.2) is 4.98 Å². The summed E-state index contributed by atoms with van der Waals surface area (Å²) in [6, 6.07) is 2.33. The van der Waals surface area contributed by atoms with E-state index in [1.807, 2.05) is 0 Å². The van der Waals surface area contributed by atoms with Crippen LogP contribution in [0.5, 0.6) is 0 Å². The Morgan fingerprint density at radius 3 is 2.74 bits per heavy atom. The van der Waals surface area contributed by atoms with Crippen LogP contribution < -0.4 is 5.32 Å². The van der Waals surface area contributed by atoms with Crippen LogP contribution in [0.2, 0.25) is 0 Å². The Bertz CT molecular complexity index is 603. The number of pyridine rings is 1. The first-order valence-corrected chi connectivity index (χ1v) is 8.31. The maximum atomic E-state index is 9.65. The van der Waals surface area contributed by atoms with Crippen LogP contribution in [0.25, 0.3) is 0 Å². The van der Waals surface area contributed by atoms with Crippen LogP contribution in [-0.4, -0.2) is 28.8 Å².